The molecule has 0 spiro atoms. The highest BCUT2D eigenvalue weighted by molar-refractivity contribution is 14.3. The van der Waals surface area contributed by atoms with Gasteiger partial charge in [0, 0.05) is 10.2 Å². The van der Waals surface area contributed by atoms with Crippen molar-refractivity contribution < 1.29 is 0 Å². The fourth-order valence-corrected chi connectivity index (χ4v) is 70.5. The van der Waals surface area contributed by atoms with Crippen LogP contribution in [0.2, 0.25) is 0 Å². The van der Waals surface area contributed by atoms with Gasteiger partial charge in [0.05, 0.1) is 0 Å². The average molecular weight is 600 g/mol. The summed E-state index contributed by atoms with van der Waals surface area (Å²) in [6, 6.07) is 0. The minimum atomic E-state index is -0.127. The van der Waals surface area contributed by atoms with E-state index in [9.17, 15) is 0 Å². The van der Waals surface area contributed by atoms with Crippen molar-refractivity contribution in [2.24, 2.45) is 0 Å². The molecular weight excluding hydrogens is 596 g/mol. The smallest absolute Gasteiger partial charge is 0.0426 e. The van der Waals surface area contributed by atoms with Crippen LogP contribution in [0.4, 0.5) is 0 Å². The number of rotatable bonds is 0. The Morgan fingerprint density at radius 3 is 1.00 bits per heavy atom. The molecular formula is C2H4I4S2. The van der Waals surface area contributed by atoms with Crippen LogP contribution in [0.25, 0.3) is 0 Å². The Bertz CT molecular complexity index is 88.6. The first kappa shape index (κ1) is 9.71. The zero-order chi connectivity index (χ0) is 6.41. The Kier molecular flexibility index (Phi) is 3.84. The minimum absolute atomic E-state index is 0.127. The molecule has 1 aliphatic heterocycles. The van der Waals surface area contributed by atoms with Crippen LogP contribution in [0.15, 0.2) is 0 Å². The Morgan fingerprint density at radius 2 is 1.00 bits per heavy atom. The van der Waals surface area contributed by atoms with Crippen molar-refractivity contribution in [1.82, 2.24) is 0 Å². The van der Waals surface area contributed by atoms with Crippen molar-refractivity contribution in [3.05, 3.63) is 0 Å². The second-order valence-corrected chi connectivity index (χ2v) is 36.7. The summed E-state index contributed by atoms with van der Waals surface area (Å²) in [6.45, 7) is 0. The third-order valence-electron chi connectivity index (χ3n) is 0.690. The predicted octanol–water partition coefficient (Wildman–Crippen LogP) is 4.92. The summed E-state index contributed by atoms with van der Waals surface area (Å²) >= 11 is 10.5. The summed E-state index contributed by atoms with van der Waals surface area (Å²) in [6.07, 6.45) is 0. The van der Waals surface area contributed by atoms with Gasteiger partial charge in [-0.2, -0.15) is 0 Å². The highest BCUT2D eigenvalue weighted by Crippen LogP contribution is 2.92. The van der Waals surface area contributed by atoms with Crippen LogP contribution in [0.1, 0.15) is 0 Å². The molecule has 1 rings (SSSR count). The molecule has 0 atom stereocenters. The van der Waals surface area contributed by atoms with Gasteiger partial charge < -0.3 is 0 Å². The van der Waals surface area contributed by atoms with Crippen LogP contribution < -0.4 is 0 Å². The van der Waals surface area contributed by atoms with Crippen LogP contribution >= 0.6 is 93.6 Å². The highest BCUT2D eigenvalue weighted by Gasteiger charge is 2.41. The van der Waals surface area contributed by atoms with Gasteiger partial charge >= 0.3 is 0 Å². The first-order chi connectivity index (χ1) is 3.41. The fourth-order valence-electron chi connectivity index (χ4n) is 0.470. The second-order valence-electron chi connectivity index (χ2n) is 1.63. The molecule has 8 heavy (non-hydrogen) atoms. The van der Waals surface area contributed by atoms with Crippen molar-refractivity contribution in [3.63, 3.8) is 0 Å². The quantitative estimate of drug-likeness (QED) is 0.347. The van der Waals surface area contributed by atoms with E-state index in [1.807, 2.05) is 0 Å². The van der Waals surface area contributed by atoms with E-state index < -0.39 is 0 Å². The molecule has 0 N–H and O–H groups in total. The highest BCUT2D eigenvalue weighted by atomic mass is 127. The van der Waals surface area contributed by atoms with Gasteiger partial charge in [0.25, 0.3) is 0 Å². The molecule has 6 heteroatoms. The average Bonchev–Trinajstić information content (AvgIpc) is 1.20. The number of hydrogen-bond donors (Lipinski definition) is 0. The maximum absolute atomic E-state index is 2.63. The van der Waals surface area contributed by atoms with Crippen molar-refractivity contribution in [1.29, 1.82) is 0 Å². The molecule has 0 aromatic rings. The largest absolute Gasteiger partial charge is 0.114 e. The third kappa shape index (κ3) is 2.93. The van der Waals surface area contributed by atoms with E-state index in [1.165, 1.54) is 10.2 Å². The summed E-state index contributed by atoms with van der Waals surface area (Å²) in [5.41, 5.74) is 0. The van der Waals surface area contributed by atoms with Crippen molar-refractivity contribution in [2.45, 2.75) is 0 Å². The molecule has 1 fully saturated rings. The van der Waals surface area contributed by atoms with Gasteiger partial charge in [-0.1, -0.05) is 0 Å². The summed E-state index contributed by atoms with van der Waals surface area (Å²) < 4.78 is -0.254. The molecule has 0 saturated carbocycles. The lowest BCUT2D eigenvalue weighted by Gasteiger charge is -2.49. The molecule has 1 heterocycles. The molecule has 0 aromatic carbocycles. The van der Waals surface area contributed by atoms with Crippen molar-refractivity contribution >= 4 is 93.6 Å². The maximum atomic E-state index is 2.63. The van der Waals surface area contributed by atoms with E-state index in [-0.39, 0.29) is 8.74 Å². The fraction of sp³-hybridized carbons (Fsp3) is 1.00. The van der Waals surface area contributed by atoms with Gasteiger partial charge in [-0.3, -0.25) is 0 Å². The maximum Gasteiger partial charge on any atom is 0.0426 e. The van der Waals surface area contributed by atoms with Gasteiger partial charge in [-0.15, -0.1) is 8.74 Å². The summed E-state index contributed by atoms with van der Waals surface area (Å²) in [7, 11) is 0. The lowest BCUT2D eigenvalue weighted by Crippen LogP contribution is -2.11. The molecule has 0 bridgehead atoms. The van der Waals surface area contributed by atoms with Gasteiger partial charge in [0.1, 0.15) is 0 Å². The SMILES string of the molecule is IS1(I)CS(I)(I)C1. The zero-order valence-electron chi connectivity index (χ0n) is 3.74. The van der Waals surface area contributed by atoms with Gasteiger partial charge in [0.15, 0.2) is 0 Å². The van der Waals surface area contributed by atoms with Crippen LogP contribution in [0.3, 0.4) is 0 Å². The van der Waals surface area contributed by atoms with E-state index in [0.717, 1.165) is 0 Å². The topological polar surface area (TPSA) is 0 Å². The monoisotopic (exact) mass is 600 g/mol. The lowest BCUT2D eigenvalue weighted by molar-refractivity contribution is 2.01. The predicted molar refractivity (Wildman–Crippen MR) is 81.0 cm³/mol. The van der Waals surface area contributed by atoms with Crippen molar-refractivity contribution in [2.75, 3.05) is 10.2 Å². The molecule has 1 saturated heterocycles. The Hall–Kier alpha value is 3.62. The van der Waals surface area contributed by atoms with Crippen LogP contribution in [-0.4, -0.2) is 10.2 Å². The van der Waals surface area contributed by atoms with E-state index >= 15 is 0 Å². The minimum Gasteiger partial charge on any atom is -0.114 e. The molecule has 0 nitrogen and oxygen atoms in total. The molecule has 0 radical (unpaired) electrons. The molecule has 0 amide bonds. The molecule has 0 aromatic heterocycles. The standard InChI is InChI=1S/C2H4I4S2/c3-7(4)1-8(5,6)2-7/h1-2H2. The number of halogens is 4. The van der Waals surface area contributed by atoms with E-state index in [0.29, 0.717) is 0 Å². The van der Waals surface area contributed by atoms with Gasteiger partial charge in [0.2, 0.25) is 0 Å². The second kappa shape index (κ2) is 3.17. The third-order valence-corrected chi connectivity index (χ3v) is 24.5. The van der Waals surface area contributed by atoms with E-state index in [4.69, 9.17) is 0 Å². The first-order valence-electron chi connectivity index (χ1n) is 1.77. The van der Waals surface area contributed by atoms with Gasteiger partial charge in [-0.25, -0.2) is 0 Å². The lowest BCUT2D eigenvalue weighted by atomic mass is 11.8. The molecule has 0 aliphatic carbocycles. The summed E-state index contributed by atoms with van der Waals surface area (Å²) in [4.78, 5) is 0. The zero-order valence-corrected chi connectivity index (χ0v) is 14.0. The van der Waals surface area contributed by atoms with E-state index in [2.05, 4.69) is 84.8 Å². The summed E-state index contributed by atoms with van der Waals surface area (Å²) in [5.74, 6) is 0. The normalized spacial score (nSPS) is 39.5. The van der Waals surface area contributed by atoms with E-state index in [1.54, 1.807) is 0 Å². The first-order valence-corrected chi connectivity index (χ1v) is 15.9. The molecule has 52 valence electrons. The Labute approximate surface area is 101 Å². The van der Waals surface area contributed by atoms with Crippen LogP contribution in [0.5, 0.6) is 0 Å². The van der Waals surface area contributed by atoms with Crippen molar-refractivity contribution in [3.8, 4) is 0 Å². The Morgan fingerprint density at radius 1 is 0.750 bits per heavy atom. The molecule has 1 aliphatic rings. The summed E-state index contributed by atoms with van der Waals surface area (Å²) in [5, 5.41) is 3.03. The van der Waals surface area contributed by atoms with Crippen LogP contribution in [-0.2, 0) is 0 Å². The Balaban J connectivity index is 2.42. The molecule has 0 unspecified atom stereocenters. The van der Waals surface area contributed by atoms with Gasteiger partial charge in [-0.05, 0) is 84.8 Å². The number of hydrogen-bond acceptors (Lipinski definition) is 0. The van der Waals surface area contributed by atoms with Crippen LogP contribution in [0, 0.1) is 0 Å².